The van der Waals surface area contributed by atoms with Crippen LogP contribution in [0.4, 0.5) is 0 Å². The van der Waals surface area contributed by atoms with Gasteiger partial charge in [-0.15, -0.1) is 0 Å². The van der Waals surface area contributed by atoms with Gasteiger partial charge in [0.05, 0.1) is 5.56 Å². The zero-order valence-electron chi connectivity index (χ0n) is 23.2. The zero-order valence-corrected chi connectivity index (χ0v) is 23.2. The molecule has 8 rings (SSSR count). The highest BCUT2D eigenvalue weighted by molar-refractivity contribution is 6.09. The summed E-state index contributed by atoms with van der Waals surface area (Å²) in [6.45, 7) is 0. The highest BCUT2D eigenvalue weighted by Crippen LogP contribution is 2.36. The van der Waals surface area contributed by atoms with Crippen molar-refractivity contribution in [3.63, 3.8) is 0 Å². The van der Waals surface area contributed by atoms with E-state index in [9.17, 15) is 0 Å². The van der Waals surface area contributed by atoms with Crippen LogP contribution in [-0.2, 0) is 0 Å². The van der Waals surface area contributed by atoms with Crippen LogP contribution in [0, 0.1) is 0 Å². The van der Waals surface area contributed by atoms with E-state index in [1.807, 2.05) is 66.7 Å². The number of hydrogen-bond acceptors (Lipinski definition) is 4. The quantitative estimate of drug-likeness (QED) is 0.214. The van der Waals surface area contributed by atoms with Crippen LogP contribution in [0.3, 0.4) is 0 Å². The van der Waals surface area contributed by atoms with Gasteiger partial charge in [0.25, 0.3) is 0 Å². The highest BCUT2D eigenvalue weighted by atomic mass is 16.3. The van der Waals surface area contributed by atoms with E-state index in [0.717, 1.165) is 49.8 Å². The number of rotatable bonds is 5. The molecule has 0 bridgehead atoms. The second kappa shape index (κ2) is 10.5. The first kappa shape index (κ1) is 24.9. The summed E-state index contributed by atoms with van der Waals surface area (Å²) in [5.74, 6) is 1.80. The van der Waals surface area contributed by atoms with E-state index in [0.29, 0.717) is 17.5 Å². The van der Waals surface area contributed by atoms with Gasteiger partial charge in [0.2, 0.25) is 0 Å². The Morgan fingerprint density at radius 2 is 0.860 bits per heavy atom. The summed E-state index contributed by atoms with van der Waals surface area (Å²) in [5.41, 5.74) is 8.91. The van der Waals surface area contributed by atoms with E-state index in [1.54, 1.807) is 0 Å². The molecule has 2 heterocycles. The molecule has 0 aliphatic rings. The molecule has 0 saturated heterocycles. The van der Waals surface area contributed by atoms with Gasteiger partial charge < -0.3 is 4.42 Å². The molecule has 43 heavy (non-hydrogen) atoms. The van der Waals surface area contributed by atoms with Crippen LogP contribution >= 0.6 is 0 Å². The van der Waals surface area contributed by atoms with Gasteiger partial charge in [-0.1, -0.05) is 133 Å². The molecule has 0 unspecified atom stereocenters. The molecule has 2 aromatic heterocycles. The van der Waals surface area contributed by atoms with Gasteiger partial charge in [-0.05, 0) is 40.5 Å². The predicted octanol–water partition coefficient (Wildman–Crippen LogP) is 10.1. The van der Waals surface area contributed by atoms with Crippen molar-refractivity contribution in [2.75, 3.05) is 0 Å². The third-order valence-electron chi connectivity index (χ3n) is 7.76. The predicted molar refractivity (Wildman–Crippen MR) is 174 cm³/mol. The molecule has 0 aliphatic carbocycles. The maximum absolute atomic E-state index is 6.35. The number of fused-ring (bicyclic) bond motifs is 3. The lowest BCUT2D eigenvalue weighted by Crippen LogP contribution is -2.00. The molecular weight excluding hydrogens is 526 g/mol. The summed E-state index contributed by atoms with van der Waals surface area (Å²) < 4.78 is 6.35. The van der Waals surface area contributed by atoms with E-state index in [2.05, 4.69) is 84.9 Å². The smallest absolute Gasteiger partial charge is 0.167 e. The van der Waals surface area contributed by atoms with Crippen molar-refractivity contribution in [1.82, 2.24) is 15.0 Å². The van der Waals surface area contributed by atoms with E-state index < -0.39 is 0 Å². The van der Waals surface area contributed by atoms with Gasteiger partial charge in [-0.3, -0.25) is 0 Å². The lowest BCUT2D eigenvalue weighted by Gasteiger charge is -2.10. The number of benzene rings is 6. The van der Waals surface area contributed by atoms with Crippen LogP contribution in [-0.4, -0.2) is 15.0 Å². The Bertz CT molecular complexity index is 2220. The first-order valence-corrected chi connectivity index (χ1v) is 14.3. The van der Waals surface area contributed by atoms with Gasteiger partial charge in [-0.2, -0.15) is 0 Å². The second-order valence-electron chi connectivity index (χ2n) is 10.5. The first-order chi connectivity index (χ1) is 21.3. The molecule has 4 heteroatoms. The topological polar surface area (TPSA) is 51.8 Å². The van der Waals surface area contributed by atoms with Gasteiger partial charge in [0, 0.05) is 21.9 Å². The van der Waals surface area contributed by atoms with Crippen molar-refractivity contribution in [1.29, 1.82) is 0 Å². The van der Waals surface area contributed by atoms with E-state index in [1.165, 1.54) is 11.1 Å². The van der Waals surface area contributed by atoms with Crippen LogP contribution in [0.15, 0.2) is 156 Å². The molecule has 0 aliphatic heterocycles. The van der Waals surface area contributed by atoms with Crippen LogP contribution in [0.1, 0.15) is 0 Å². The van der Waals surface area contributed by atoms with Crippen LogP contribution in [0.25, 0.3) is 78.4 Å². The average molecular weight is 552 g/mol. The third-order valence-corrected chi connectivity index (χ3v) is 7.76. The maximum Gasteiger partial charge on any atom is 0.167 e. The van der Waals surface area contributed by atoms with Crippen LogP contribution in [0.5, 0.6) is 0 Å². The molecule has 4 nitrogen and oxygen atoms in total. The van der Waals surface area contributed by atoms with Crippen LogP contribution < -0.4 is 0 Å². The lowest BCUT2D eigenvalue weighted by molar-refractivity contribution is 0.669. The molecule has 0 spiro atoms. The Balaban J connectivity index is 1.26. The van der Waals surface area contributed by atoms with Crippen molar-refractivity contribution in [2.24, 2.45) is 0 Å². The normalized spacial score (nSPS) is 11.3. The molecular formula is C39H25N3O. The minimum Gasteiger partial charge on any atom is -0.455 e. The first-order valence-electron chi connectivity index (χ1n) is 14.3. The highest BCUT2D eigenvalue weighted by Gasteiger charge is 2.17. The van der Waals surface area contributed by atoms with Crippen molar-refractivity contribution in [3.8, 4) is 56.4 Å². The summed E-state index contributed by atoms with van der Waals surface area (Å²) in [6.07, 6.45) is 0. The average Bonchev–Trinajstić information content (AvgIpc) is 3.48. The lowest BCUT2D eigenvalue weighted by atomic mass is 9.99. The van der Waals surface area contributed by atoms with Gasteiger partial charge in [-0.25, -0.2) is 15.0 Å². The second-order valence-corrected chi connectivity index (χ2v) is 10.5. The Labute approximate surface area is 249 Å². The fourth-order valence-corrected chi connectivity index (χ4v) is 5.59. The summed E-state index contributed by atoms with van der Waals surface area (Å²) in [4.78, 5) is 14.9. The molecule has 6 aromatic carbocycles. The fraction of sp³-hybridized carbons (Fsp3) is 0. The summed E-state index contributed by atoms with van der Waals surface area (Å²) in [7, 11) is 0. The Morgan fingerprint density at radius 1 is 0.349 bits per heavy atom. The van der Waals surface area contributed by atoms with E-state index >= 15 is 0 Å². The summed E-state index contributed by atoms with van der Waals surface area (Å²) in [5, 5.41) is 2.11. The zero-order chi connectivity index (χ0) is 28.6. The molecule has 0 radical (unpaired) electrons. The number of nitrogens with zero attached hydrogens (tertiary/aromatic N) is 3. The summed E-state index contributed by atoms with van der Waals surface area (Å²) >= 11 is 0. The van der Waals surface area contributed by atoms with Gasteiger partial charge >= 0.3 is 0 Å². The molecule has 0 N–H and O–H groups in total. The minimum absolute atomic E-state index is 0.575. The number of hydrogen-bond donors (Lipinski definition) is 0. The Morgan fingerprint density at radius 3 is 1.63 bits per heavy atom. The molecule has 0 atom stereocenters. The molecule has 8 aromatic rings. The minimum atomic E-state index is 0.575. The molecule has 0 fully saturated rings. The Kier molecular flexibility index (Phi) is 6.08. The van der Waals surface area contributed by atoms with Gasteiger partial charge in [0.15, 0.2) is 17.5 Å². The summed E-state index contributed by atoms with van der Waals surface area (Å²) in [6, 6.07) is 51.7. The van der Waals surface area contributed by atoms with E-state index in [4.69, 9.17) is 19.4 Å². The van der Waals surface area contributed by atoms with Crippen molar-refractivity contribution >= 4 is 21.9 Å². The molecule has 202 valence electrons. The van der Waals surface area contributed by atoms with Crippen molar-refractivity contribution in [3.05, 3.63) is 152 Å². The van der Waals surface area contributed by atoms with Crippen molar-refractivity contribution < 1.29 is 4.42 Å². The third kappa shape index (κ3) is 4.65. The van der Waals surface area contributed by atoms with Crippen molar-refractivity contribution in [2.45, 2.75) is 0 Å². The largest absolute Gasteiger partial charge is 0.455 e. The standard InChI is InChI=1S/C39H25N3O/c1-3-11-26(12-4-1)27-21-23-28(24-22-27)30-15-9-16-31(25-30)38-40-37(29-13-5-2-6-14-29)41-39(42-38)34-19-10-18-33-32-17-7-8-20-35(32)43-36(33)34/h1-25H. The SMILES string of the molecule is c1ccc(-c2ccc(-c3cccc(-c4nc(-c5ccccc5)nc(-c5cccc6c5oc5ccccc56)n4)c3)cc2)cc1. The number of para-hydroxylation sites is 2. The maximum atomic E-state index is 6.35. The molecule has 0 amide bonds. The number of furan rings is 1. The molecule has 0 saturated carbocycles. The fourth-order valence-electron chi connectivity index (χ4n) is 5.59. The Hall–Kier alpha value is -5.87. The van der Waals surface area contributed by atoms with Crippen LogP contribution in [0.2, 0.25) is 0 Å². The number of aromatic nitrogens is 3. The van der Waals surface area contributed by atoms with Gasteiger partial charge in [0.1, 0.15) is 11.2 Å². The monoisotopic (exact) mass is 551 g/mol. The van der Waals surface area contributed by atoms with E-state index in [-0.39, 0.29) is 0 Å².